The maximum absolute atomic E-state index is 11.5. The van der Waals surface area contributed by atoms with E-state index in [1.165, 1.54) is 0 Å². The van der Waals surface area contributed by atoms with Crippen LogP contribution in [0.3, 0.4) is 0 Å². The zero-order valence-corrected chi connectivity index (χ0v) is 13.9. The Kier molecular flexibility index (Phi) is 4.61. The first-order valence-electron chi connectivity index (χ1n) is 8.04. The number of fused-ring (bicyclic) bond motifs is 1. The lowest BCUT2D eigenvalue weighted by Crippen LogP contribution is -2.49. The largest absolute Gasteiger partial charge is 0.493 e. The molecule has 2 aliphatic heterocycles. The number of hydrogen-bond acceptors (Lipinski definition) is 5. The van der Waals surface area contributed by atoms with E-state index < -0.39 is 0 Å². The fourth-order valence-corrected chi connectivity index (χ4v) is 3.27. The monoisotopic (exact) mass is 320 g/mol. The third-order valence-electron chi connectivity index (χ3n) is 4.64. The van der Waals surface area contributed by atoms with Gasteiger partial charge in [0.15, 0.2) is 11.5 Å². The Bertz CT molecular complexity index is 590. The third kappa shape index (κ3) is 3.37. The number of carbonyl (C=O) groups excluding carboxylic acids is 1. The van der Waals surface area contributed by atoms with Crippen molar-refractivity contribution in [2.24, 2.45) is 5.92 Å². The highest BCUT2D eigenvalue weighted by molar-refractivity contribution is 5.73. The second-order valence-electron chi connectivity index (χ2n) is 6.25. The van der Waals surface area contributed by atoms with Gasteiger partial charge in [0, 0.05) is 32.6 Å². The molecular formula is C17H24N2O4. The van der Waals surface area contributed by atoms with Gasteiger partial charge in [0.05, 0.1) is 7.11 Å². The minimum atomic E-state index is 0.163. The number of methoxy groups -OCH3 is 1. The molecule has 0 bridgehead atoms. The maximum atomic E-state index is 11.5. The van der Waals surface area contributed by atoms with Gasteiger partial charge in [-0.3, -0.25) is 4.79 Å². The number of nitrogens with zero attached hydrogens (tertiary/aromatic N) is 1. The van der Waals surface area contributed by atoms with Crippen molar-refractivity contribution in [1.82, 2.24) is 10.2 Å². The number of nitrogens with one attached hydrogen (secondary N) is 1. The van der Waals surface area contributed by atoms with Crippen LogP contribution in [0.4, 0.5) is 0 Å². The molecule has 1 N–H and O–H groups in total. The zero-order valence-electron chi connectivity index (χ0n) is 13.9. The van der Waals surface area contributed by atoms with Gasteiger partial charge < -0.3 is 24.4 Å². The Hall–Kier alpha value is -1.95. The van der Waals surface area contributed by atoms with Crippen LogP contribution in [0.25, 0.3) is 0 Å². The van der Waals surface area contributed by atoms with Crippen molar-refractivity contribution in [3.05, 3.63) is 17.7 Å². The summed E-state index contributed by atoms with van der Waals surface area (Å²) in [5.74, 6) is 2.72. The first-order valence-corrected chi connectivity index (χ1v) is 8.04. The van der Waals surface area contributed by atoms with Crippen LogP contribution < -0.4 is 19.5 Å². The molecule has 2 heterocycles. The van der Waals surface area contributed by atoms with Crippen molar-refractivity contribution < 1.29 is 19.0 Å². The lowest BCUT2D eigenvalue weighted by atomic mass is 9.93. The maximum Gasteiger partial charge on any atom is 0.231 e. The molecule has 0 spiro atoms. The molecule has 1 fully saturated rings. The molecule has 1 aromatic rings. The van der Waals surface area contributed by atoms with E-state index in [1.54, 1.807) is 14.0 Å². The predicted octanol–water partition coefficient (Wildman–Crippen LogP) is 1.77. The summed E-state index contributed by atoms with van der Waals surface area (Å²) < 4.78 is 16.3. The summed E-state index contributed by atoms with van der Waals surface area (Å²) in [5, 5.41) is 3.60. The van der Waals surface area contributed by atoms with E-state index in [1.807, 2.05) is 17.0 Å². The van der Waals surface area contributed by atoms with Gasteiger partial charge in [0.25, 0.3) is 0 Å². The summed E-state index contributed by atoms with van der Waals surface area (Å²) in [5.41, 5.74) is 1.10. The van der Waals surface area contributed by atoms with Crippen LogP contribution in [0, 0.1) is 5.92 Å². The summed E-state index contributed by atoms with van der Waals surface area (Å²) >= 11 is 0. The van der Waals surface area contributed by atoms with E-state index in [4.69, 9.17) is 14.2 Å². The number of likely N-dealkylation sites (tertiary alicyclic amines) is 1. The number of rotatable bonds is 4. The molecule has 0 aromatic heterocycles. The fraction of sp³-hybridized carbons (Fsp3) is 0.588. The summed E-state index contributed by atoms with van der Waals surface area (Å²) in [6.45, 7) is 6.44. The summed E-state index contributed by atoms with van der Waals surface area (Å²) in [6, 6.07) is 4.38. The van der Waals surface area contributed by atoms with Crippen molar-refractivity contribution in [3.8, 4) is 17.2 Å². The first kappa shape index (κ1) is 15.9. The lowest BCUT2D eigenvalue weighted by molar-refractivity contribution is -0.130. The van der Waals surface area contributed by atoms with E-state index in [0.29, 0.717) is 23.5 Å². The van der Waals surface area contributed by atoms with Crippen LogP contribution in [0.1, 0.15) is 25.8 Å². The minimum Gasteiger partial charge on any atom is -0.493 e. The molecule has 0 aliphatic carbocycles. The zero-order chi connectivity index (χ0) is 16.4. The number of benzene rings is 1. The molecule has 1 aromatic carbocycles. The van der Waals surface area contributed by atoms with Crippen LogP contribution >= 0.6 is 0 Å². The van der Waals surface area contributed by atoms with E-state index in [2.05, 4.69) is 12.2 Å². The Balaban J connectivity index is 1.62. The Morgan fingerprint density at radius 1 is 1.43 bits per heavy atom. The van der Waals surface area contributed by atoms with Crippen molar-refractivity contribution in [2.75, 3.05) is 27.0 Å². The van der Waals surface area contributed by atoms with Crippen molar-refractivity contribution >= 4 is 5.91 Å². The molecule has 2 aliphatic rings. The topological polar surface area (TPSA) is 60.0 Å². The number of piperidine rings is 1. The van der Waals surface area contributed by atoms with E-state index in [-0.39, 0.29) is 12.7 Å². The average molecular weight is 320 g/mol. The standard InChI is InChI=1S/C17H24N2O4/c1-11-9-19(12(2)20)5-4-14(11)18-8-13-6-15(21-3)17-16(7-13)22-10-23-17/h6-7,11,14,18H,4-5,8-10H2,1-3H3/t11-,14+/m1/s1. The number of hydrogen-bond donors (Lipinski definition) is 1. The molecule has 0 unspecified atom stereocenters. The molecule has 0 saturated carbocycles. The van der Waals surface area contributed by atoms with Gasteiger partial charge in [-0.05, 0) is 30.0 Å². The molecule has 1 saturated heterocycles. The van der Waals surface area contributed by atoms with Crippen molar-refractivity contribution in [3.63, 3.8) is 0 Å². The van der Waals surface area contributed by atoms with Gasteiger partial charge in [0.2, 0.25) is 18.4 Å². The summed E-state index contributed by atoms with van der Waals surface area (Å²) in [4.78, 5) is 13.4. The molecule has 2 atom stereocenters. The van der Waals surface area contributed by atoms with Crippen LogP contribution in [0.15, 0.2) is 12.1 Å². The average Bonchev–Trinajstić information content (AvgIpc) is 3.01. The summed E-state index contributed by atoms with van der Waals surface area (Å²) in [6.07, 6.45) is 0.975. The van der Waals surface area contributed by atoms with Gasteiger partial charge >= 0.3 is 0 Å². The predicted molar refractivity (Wildman–Crippen MR) is 85.8 cm³/mol. The van der Waals surface area contributed by atoms with Gasteiger partial charge in [-0.2, -0.15) is 0 Å². The molecule has 6 heteroatoms. The van der Waals surface area contributed by atoms with Crippen molar-refractivity contribution in [2.45, 2.75) is 32.9 Å². The number of amides is 1. The minimum absolute atomic E-state index is 0.163. The van der Waals surface area contributed by atoms with E-state index in [9.17, 15) is 4.79 Å². The van der Waals surface area contributed by atoms with Crippen LogP contribution in [-0.2, 0) is 11.3 Å². The van der Waals surface area contributed by atoms with Gasteiger partial charge in [-0.1, -0.05) is 6.92 Å². The van der Waals surface area contributed by atoms with Gasteiger partial charge in [0.1, 0.15) is 0 Å². The number of carbonyl (C=O) groups is 1. The SMILES string of the molecule is COc1cc(CN[C@H]2CCN(C(C)=O)C[C@H]2C)cc2c1OCO2. The highest BCUT2D eigenvalue weighted by Crippen LogP contribution is 2.41. The van der Waals surface area contributed by atoms with Crippen LogP contribution in [-0.4, -0.2) is 43.8 Å². The quantitative estimate of drug-likeness (QED) is 0.916. The van der Waals surface area contributed by atoms with E-state index in [0.717, 1.165) is 37.4 Å². The van der Waals surface area contributed by atoms with Gasteiger partial charge in [-0.25, -0.2) is 0 Å². The van der Waals surface area contributed by atoms with E-state index >= 15 is 0 Å². The summed E-state index contributed by atoms with van der Waals surface area (Å²) in [7, 11) is 1.63. The second-order valence-corrected chi connectivity index (χ2v) is 6.25. The molecular weight excluding hydrogens is 296 g/mol. The normalized spacial score (nSPS) is 23.0. The molecule has 1 amide bonds. The molecule has 23 heavy (non-hydrogen) atoms. The molecule has 6 nitrogen and oxygen atoms in total. The van der Waals surface area contributed by atoms with Gasteiger partial charge in [-0.15, -0.1) is 0 Å². The second kappa shape index (κ2) is 6.66. The lowest BCUT2D eigenvalue weighted by Gasteiger charge is -2.37. The van der Waals surface area contributed by atoms with Crippen LogP contribution in [0.5, 0.6) is 17.2 Å². The van der Waals surface area contributed by atoms with Crippen LogP contribution in [0.2, 0.25) is 0 Å². The molecule has 126 valence electrons. The fourth-order valence-electron chi connectivity index (χ4n) is 3.27. The highest BCUT2D eigenvalue weighted by atomic mass is 16.7. The highest BCUT2D eigenvalue weighted by Gasteiger charge is 2.27. The smallest absolute Gasteiger partial charge is 0.231 e. The van der Waals surface area contributed by atoms with Crippen molar-refractivity contribution in [1.29, 1.82) is 0 Å². The Labute approximate surface area is 136 Å². The Morgan fingerprint density at radius 2 is 2.26 bits per heavy atom. The molecule has 0 radical (unpaired) electrons. The first-order chi connectivity index (χ1) is 11.1. The molecule has 3 rings (SSSR count). The third-order valence-corrected chi connectivity index (χ3v) is 4.64. The number of ether oxygens (including phenoxy) is 3. The Morgan fingerprint density at radius 3 is 2.96 bits per heavy atom.